The van der Waals surface area contributed by atoms with Crippen molar-refractivity contribution in [3.05, 3.63) is 11.7 Å². The van der Waals surface area contributed by atoms with Gasteiger partial charge in [0, 0.05) is 13.0 Å². The first-order valence-electron chi connectivity index (χ1n) is 7.56. The smallest absolute Gasteiger partial charge is 0.226 e. The Morgan fingerprint density at radius 2 is 2.32 bits per heavy atom. The van der Waals surface area contributed by atoms with Gasteiger partial charge in [0.2, 0.25) is 5.89 Å². The molecule has 0 aromatic carbocycles. The van der Waals surface area contributed by atoms with Gasteiger partial charge in [-0.05, 0) is 44.8 Å². The van der Waals surface area contributed by atoms with Crippen LogP contribution >= 0.6 is 0 Å². The summed E-state index contributed by atoms with van der Waals surface area (Å²) in [6.07, 6.45) is 4.56. The Morgan fingerprint density at radius 3 is 3.00 bits per heavy atom. The number of aryl methyl sites for hydroxylation is 1. The Morgan fingerprint density at radius 1 is 1.42 bits per heavy atom. The van der Waals surface area contributed by atoms with E-state index in [2.05, 4.69) is 34.2 Å². The van der Waals surface area contributed by atoms with Crippen LogP contribution in [0.25, 0.3) is 0 Å². The Labute approximate surface area is 115 Å². The molecule has 1 atom stereocenters. The minimum Gasteiger partial charge on any atom is -0.339 e. The van der Waals surface area contributed by atoms with Crippen LogP contribution in [0, 0.1) is 5.92 Å². The summed E-state index contributed by atoms with van der Waals surface area (Å²) in [7, 11) is 0. The highest BCUT2D eigenvalue weighted by Gasteiger charge is 2.17. The van der Waals surface area contributed by atoms with Crippen LogP contribution in [0.5, 0.6) is 0 Å². The van der Waals surface area contributed by atoms with Crippen LogP contribution in [0.2, 0.25) is 0 Å². The third-order valence-corrected chi connectivity index (χ3v) is 3.70. The summed E-state index contributed by atoms with van der Waals surface area (Å²) in [6, 6.07) is 0. The zero-order valence-corrected chi connectivity index (χ0v) is 12.2. The number of hydrogen-bond donors (Lipinski definition) is 1. The number of aromatic nitrogens is 2. The minimum absolute atomic E-state index is 0.760. The summed E-state index contributed by atoms with van der Waals surface area (Å²) >= 11 is 0. The molecule has 1 saturated heterocycles. The maximum Gasteiger partial charge on any atom is 0.226 e. The molecular formula is C14H26N4O. The maximum atomic E-state index is 5.24. The molecule has 1 fully saturated rings. The summed E-state index contributed by atoms with van der Waals surface area (Å²) in [5.41, 5.74) is 0. The van der Waals surface area contributed by atoms with Gasteiger partial charge in [-0.1, -0.05) is 19.0 Å². The first-order valence-corrected chi connectivity index (χ1v) is 7.56. The van der Waals surface area contributed by atoms with Gasteiger partial charge in [-0.2, -0.15) is 4.98 Å². The van der Waals surface area contributed by atoms with Crippen molar-refractivity contribution in [2.45, 2.75) is 46.1 Å². The van der Waals surface area contributed by atoms with E-state index in [9.17, 15) is 0 Å². The number of nitrogens with zero attached hydrogens (tertiary/aromatic N) is 3. The Hall–Kier alpha value is -0.940. The Kier molecular flexibility index (Phi) is 5.79. The highest BCUT2D eigenvalue weighted by molar-refractivity contribution is 4.87. The Bertz CT molecular complexity index is 360. The highest BCUT2D eigenvalue weighted by atomic mass is 16.5. The highest BCUT2D eigenvalue weighted by Crippen LogP contribution is 2.13. The van der Waals surface area contributed by atoms with Crippen molar-refractivity contribution in [2.24, 2.45) is 5.92 Å². The fraction of sp³-hybridized carbons (Fsp3) is 0.857. The number of piperidine rings is 1. The van der Waals surface area contributed by atoms with Crippen LogP contribution in [0.3, 0.4) is 0 Å². The van der Waals surface area contributed by atoms with E-state index in [1.807, 2.05) is 0 Å². The number of nitrogens with one attached hydrogen (secondary N) is 1. The fourth-order valence-electron chi connectivity index (χ4n) is 2.62. The fourth-order valence-corrected chi connectivity index (χ4v) is 2.62. The average Bonchev–Trinajstić information content (AvgIpc) is 2.87. The Balaban J connectivity index is 1.83. The second-order valence-corrected chi connectivity index (χ2v) is 5.39. The van der Waals surface area contributed by atoms with Crippen molar-refractivity contribution in [1.82, 2.24) is 20.4 Å². The molecule has 2 rings (SSSR count). The lowest BCUT2D eigenvalue weighted by Gasteiger charge is -2.28. The van der Waals surface area contributed by atoms with Gasteiger partial charge < -0.3 is 9.84 Å². The third kappa shape index (κ3) is 4.58. The molecule has 1 unspecified atom stereocenters. The summed E-state index contributed by atoms with van der Waals surface area (Å²) in [5, 5.41) is 7.54. The molecule has 2 heterocycles. The predicted octanol–water partition coefficient (Wildman–Crippen LogP) is 1.84. The van der Waals surface area contributed by atoms with Gasteiger partial charge >= 0.3 is 0 Å². The van der Waals surface area contributed by atoms with Gasteiger partial charge in [0.1, 0.15) is 0 Å². The van der Waals surface area contributed by atoms with E-state index in [0.717, 1.165) is 56.7 Å². The van der Waals surface area contributed by atoms with E-state index >= 15 is 0 Å². The molecule has 1 aliphatic heterocycles. The van der Waals surface area contributed by atoms with Gasteiger partial charge in [0.15, 0.2) is 5.82 Å². The van der Waals surface area contributed by atoms with Crippen LogP contribution in [-0.4, -0.2) is 41.2 Å². The molecule has 1 aromatic rings. The molecule has 0 aliphatic carbocycles. The first-order chi connectivity index (χ1) is 9.31. The van der Waals surface area contributed by atoms with E-state index in [4.69, 9.17) is 4.52 Å². The first kappa shape index (κ1) is 14.5. The summed E-state index contributed by atoms with van der Waals surface area (Å²) in [6.45, 7) is 9.61. The zero-order valence-electron chi connectivity index (χ0n) is 12.2. The van der Waals surface area contributed by atoms with Crippen LogP contribution in [0.4, 0.5) is 0 Å². The summed E-state index contributed by atoms with van der Waals surface area (Å²) in [5.74, 6) is 2.36. The van der Waals surface area contributed by atoms with Crippen molar-refractivity contribution < 1.29 is 4.52 Å². The van der Waals surface area contributed by atoms with E-state index < -0.39 is 0 Å². The minimum atomic E-state index is 0.760. The van der Waals surface area contributed by atoms with Gasteiger partial charge in [-0.15, -0.1) is 0 Å². The predicted molar refractivity (Wildman–Crippen MR) is 74.8 cm³/mol. The maximum absolute atomic E-state index is 5.24. The SMILES string of the molecule is CCCc1nc(CN(CC)CC2CCCNC2)no1. The lowest BCUT2D eigenvalue weighted by atomic mass is 9.99. The van der Waals surface area contributed by atoms with Gasteiger partial charge in [-0.3, -0.25) is 4.90 Å². The van der Waals surface area contributed by atoms with Crippen molar-refractivity contribution in [3.8, 4) is 0 Å². The quantitative estimate of drug-likeness (QED) is 0.816. The number of hydrogen-bond acceptors (Lipinski definition) is 5. The summed E-state index contributed by atoms with van der Waals surface area (Å²) < 4.78 is 5.24. The largest absolute Gasteiger partial charge is 0.339 e. The van der Waals surface area contributed by atoms with E-state index in [1.54, 1.807) is 0 Å². The average molecular weight is 266 g/mol. The van der Waals surface area contributed by atoms with Crippen molar-refractivity contribution >= 4 is 0 Å². The zero-order chi connectivity index (χ0) is 13.5. The van der Waals surface area contributed by atoms with Gasteiger partial charge in [-0.25, -0.2) is 0 Å². The monoisotopic (exact) mass is 266 g/mol. The van der Waals surface area contributed by atoms with Crippen molar-refractivity contribution in [3.63, 3.8) is 0 Å². The molecule has 0 bridgehead atoms. The second kappa shape index (κ2) is 7.60. The molecule has 5 heteroatoms. The topological polar surface area (TPSA) is 54.2 Å². The van der Waals surface area contributed by atoms with Crippen molar-refractivity contribution in [1.29, 1.82) is 0 Å². The second-order valence-electron chi connectivity index (χ2n) is 5.39. The van der Waals surface area contributed by atoms with E-state index in [0.29, 0.717) is 0 Å². The van der Waals surface area contributed by atoms with Crippen LogP contribution in [0.15, 0.2) is 4.52 Å². The normalized spacial score (nSPS) is 20.1. The van der Waals surface area contributed by atoms with Crippen molar-refractivity contribution in [2.75, 3.05) is 26.2 Å². The molecule has 0 spiro atoms. The molecule has 0 amide bonds. The molecule has 5 nitrogen and oxygen atoms in total. The molecule has 19 heavy (non-hydrogen) atoms. The molecule has 0 saturated carbocycles. The van der Waals surface area contributed by atoms with E-state index in [1.165, 1.54) is 19.4 Å². The lowest BCUT2D eigenvalue weighted by Crippen LogP contribution is -2.38. The molecule has 1 aromatic heterocycles. The molecular weight excluding hydrogens is 240 g/mol. The lowest BCUT2D eigenvalue weighted by molar-refractivity contribution is 0.203. The molecule has 1 N–H and O–H groups in total. The molecule has 1 aliphatic rings. The molecule has 0 radical (unpaired) electrons. The van der Waals surface area contributed by atoms with Gasteiger partial charge in [0.05, 0.1) is 6.54 Å². The van der Waals surface area contributed by atoms with Crippen LogP contribution in [0.1, 0.15) is 44.8 Å². The third-order valence-electron chi connectivity index (χ3n) is 3.70. The van der Waals surface area contributed by atoms with Gasteiger partial charge in [0.25, 0.3) is 0 Å². The van der Waals surface area contributed by atoms with Crippen LogP contribution in [-0.2, 0) is 13.0 Å². The van der Waals surface area contributed by atoms with E-state index in [-0.39, 0.29) is 0 Å². The molecule has 108 valence electrons. The number of rotatable bonds is 7. The summed E-state index contributed by atoms with van der Waals surface area (Å²) in [4.78, 5) is 6.86. The van der Waals surface area contributed by atoms with Crippen LogP contribution < -0.4 is 5.32 Å². The standard InChI is InChI=1S/C14H26N4O/c1-3-6-14-16-13(17-19-14)11-18(4-2)10-12-7-5-8-15-9-12/h12,15H,3-11H2,1-2H3.